The smallest absolute Gasteiger partial charge is 0.355 e. The molecule has 0 amide bonds. The van der Waals surface area contributed by atoms with Crippen LogP contribution in [0.25, 0.3) is 0 Å². The van der Waals surface area contributed by atoms with Gasteiger partial charge >= 0.3 is 5.97 Å². The van der Waals surface area contributed by atoms with Crippen molar-refractivity contribution in [2.75, 3.05) is 0 Å². The van der Waals surface area contributed by atoms with Crippen molar-refractivity contribution < 1.29 is 17.9 Å². The van der Waals surface area contributed by atoms with Gasteiger partial charge in [0.15, 0.2) is 0 Å². The third kappa shape index (κ3) is 2.63. The Morgan fingerprint density at radius 2 is 2.18 bits per heavy atom. The van der Waals surface area contributed by atoms with Gasteiger partial charge in [-0.3, -0.25) is 0 Å². The van der Waals surface area contributed by atoms with Gasteiger partial charge in [-0.2, -0.15) is 0 Å². The van der Waals surface area contributed by atoms with E-state index in [-0.39, 0.29) is 16.7 Å². The number of hydrogen-bond acceptors (Lipinski definition) is 4. The zero-order valence-corrected chi connectivity index (χ0v) is 10.8. The van der Waals surface area contributed by atoms with Gasteiger partial charge in [0.05, 0.1) is 0 Å². The van der Waals surface area contributed by atoms with Crippen LogP contribution in [-0.2, 0) is 20.8 Å². The molecule has 1 saturated carbocycles. The minimum Gasteiger partial charge on any atom is -0.458 e. The van der Waals surface area contributed by atoms with E-state index in [0.29, 0.717) is 0 Å². The zero-order chi connectivity index (χ0) is 12.6. The molecule has 2 rings (SSSR count). The van der Waals surface area contributed by atoms with Gasteiger partial charge in [-0.05, 0) is 25.3 Å². The van der Waals surface area contributed by atoms with E-state index in [9.17, 15) is 13.2 Å². The van der Waals surface area contributed by atoms with Gasteiger partial charge < -0.3 is 9.30 Å². The largest absolute Gasteiger partial charge is 0.458 e. The monoisotopic (exact) mass is 277 g/mol. The molecule has 0 spiro atoms. The third-order valence-corrected chi connectivity index (χ3v) is 4.12. The summed E-state index contributed by atoms with van der Waals surface area (Å²) in [5.74, 6) is -0.510. The molecule has 1 aliphatic carbocycles. The molecule has 0 unspecified atom stereocenters. The van der Waals surface area contributed by atoms with Crippen molar-refractivity contribution in [3.8, 4) is 0 Å². The molecule has 1 aromatic heterocycles. The molecule has 94 valence electrons. The zero-order valence-electron chi connectivity index (χ0n) is 9.22. The van der Waals surface area contributed by atoms with Crippen LogP contribution in [0.2, 0.25) is 0 Å². The minimum absolute atomic E-state index is 0.0338. The molecule has 17 heavy (non-hydrogen) atoms. The van der Waals surface area contributed by atoms with E-state index in [4.69, 9.17) is 15.4 Å². The lowest BCUT2D eigenvalue weighted by Crippen LogP contribution is -2.25. The predicted octanol–water partition coefficient (Wildman–Crippen LogP) is 1.66. The summed E-state index contributed by atoms with van der Waals surface area (Å²) in [5, 5.41) is 0. The summed E-state index contributed by atoms with van der Waals surface area (Å²) in [6.45, 7) is 0. The molecule has 0 bridgehead atoms. The highest BCUT2D eigenvalue weighted by Crippen LogP contribution is 2.24. The fraction of sp³-hybridized carbons (Fsp3) is 0.500. The van der Waals surface area contributed by atoms with Crippen LogP contribution in [0.1, 0.15) is 29.8 Å². The average Bonchev–Trinajstić information content (AvgIpc) is 2.53. The highest BCUT2D eigenvalue weighted by atomic mass is 35.7. The van der Waals surface area contributed by atoms with Crippen molar-refractivity contribution in [3.63, 3.8) is 0 Å². The molecule has 0 saturated heterocycles. The van der Waals surface area contributed by atoms with E-state index in [1.54, 1.807) is 7.05 Å². The number of carbonyl (C=O) groups excluding carboxylic acids is 1. The standard InChI is InChI=1S/C10H12ClNO4S/c1-12-6-8(17(11,14)15)5-9(12)10(13)16-7-3-2-4-7/h5-7H,2-4H2,1H3. The number of halogens is 1. The van der Waals surface area contributed by atoms with Crippen molar-refractivity contribution in [1.29, 1.82) is 0 Å². The van der Waals surface area contributed by atoms with Crippen molar-refractivity contribution in [2.24, 2.45) is 7.05 Å². The van der Waals surface area contributed by atoms with Crippen LogP contribution >= 0.6 is 10.7 Å². The Morgan fingerprint density at radius 3 is 2.59 bits per heavy atom. The molecule has 1 heterocycles. The first-order valence-corrected chi connectivity index (χ1v) is 7.51. The second-order valence-corrected chi connectivity index (χ2v) is 6.63. The summed E-state index contributed by atoms with van der Waals surface area (Å²) in [5.41, 5.74) is 0.191. The number of esters is 1. The molecule has 0 atom stereocenters. The van der Waals surface area contributed by atoms with Crippen LogP contribution in [-0.4, -0.2) is 25.1 Å². The maximum Gasteiger partial charge on any atom is 0.355 e. The fourth-order valence-corrected chi connectivity index (χ4v) is 2.36. The summed E-state index contributed by atoms with van der Waals surface area (Å²) in [6.07, 6.45) is 4.06. The lowest BCUT2D eigenvalue weighted by atomic mass is 9.96. The van der Waals surface area contributed by atoms with E-state index in [1.807, 2.05) is 0 Å². The number of hydrogen-bond donors (Lipinski definition) is 0. The molecule has 7 heteroatoms. The summed E-state index contributed by atoms with van der Waals surface area (Å²) < 4.78 is 28.8. The molecule has 1 aromatic rings. The topological polar surface area (TPSA) is 65.4 Å². The second kappa shape index (κ2) is 4.34. The highest BCUT2D eigenvalue weighted by molar-refractivity contribution is 8.13. The Hall–Kier alpha value is -1.01. The van der Waals surface area contributed by atoms with Crippen molar-refractivity contribution in [1.82, 2.24) is 4.57 Å². The van der Waals surface area contributed by atoms with Crippen LogP contribution in [0.4, 0.5) is 0 Å². The normalized spacial score (nSPS) is 16.6. The fourth-order valence-electron chi connectivity index (χ4n) is 1.57. The lowest BCUT2D eigenvalue weighted by molar-refractivity contribution is 0.00799. The number of nitrogens with zero attached hydrogens (tertiary/aromatic N) is 1. The van der Waals surface area contributed by atoms with Gasteiger partial charge in [-0.1, -0.05) is 0 Å². The highest BCUT2D eigenvalue weighted by Gasteiger charge is 2.25. The maximum absolute atomic E-state index is 11.7. The molecular weight excluding hydrogens is 266 g/mol. The summed E-state index contributed by atoms with van der Waals surface area (Å²) in [6, 6.07) is 1.23. The van der Waals surface area contributed by atoms with Gasteiger partial charge in [0, 0.05) is 23.9 Å². The van der Waals surface area contributed by atoms with Gasteiger partial charge in [-0.25, -0.2) is 13.2 Å². The Balaban J connectivity index is 2.20. The molecule has 1 fully saturated rings. The van der Waals surface area contributed by atoms with Crippen molar-refractivity contribution >= 4 is 25.7 Å². The predicted molar refractivity (Wildman–Crippen MR) is 61.5 cm³/mol. The van der Waals surface area contributed by atoms with Crippen molar-refractivity contribution in [2.45, 2.75) is 30.3 Å². The molecule has 1 aliphatic rings. The molecule has 0 aliphatic heterocycles. The van der Waals surface area contributed by atoms with Gasteiger partial charge in [0.1, 0.15) is 16.7 Å². The number of aromatic nitrogens is 1. The molecule has 0 radical (unpaired) electrons. The third-order valence-electron chi connectivity index (χ3n) is 2.80. The van der Waals surface area contributed by atoms with Crippen LogP contribution in [0.3, 0.4) is 0 Å². The Morgan fingerprint density at radius 1 is 1.53 bits per heavy atom. The molecule has 5 nitrogen and oxygen atoms in total. The lowest BCUT2D eigenvalue weighted by Gasteiger charge is -2.25. The summed E-state index contributed by atoms with van der Waals surface area (Å²) >= 11 is 0. The SMILES string of the molecule is Cn1cc(S(=O)(=O)Cl)cc1C(=O)OC1CCC1. The Bertz CT molecular complexity index is 545. The number of ether oxygens (including phenoxy) is 1. The Kier molecular flexibility index (Phi) is 3.18. The molecular formula is C10H12ClNO4S. The number of carbonyl (C=O) groups is 1. The van der Waals surface area contributed by atoms with Crippen molar-refractivity contribution in [3.05, 3.63) is 18.0 Å². The number of rotatable bonds is 3. The molecule has 0 N–H and O–H groups in total. The second-order valence-electron chi connectivity index (χ2n) is 4.07. The van der Waals surface area contributed by atoms with Crippen LogP contribution in [0.5, 0.6) is 0 Å². The van der Waals surface area contributed by atoms with E-state index < -0.39 is 15.0 Å². The first-order chi connectivity index (χ1) is 7.88. The maximum atomic E-state index is 11.7. The van der Waals surface area contributed by atoms with E-state index in [1.165, 1.54) is 16.8 Å². The van der Waals surface area contributed by atoms with E-state index >= 15 is 0 Å². The van der Waals surface area contributed by atoms with Gasteiger partial charge in [0.25, 0.3) is 9.05 Å². The quantitative estimate of drug-likeness (QED) is 0.623. The minimum atomic E-state index is -3.81. The van der Waals surface area contributed by atoms with Gasteiger partial charge in [0.2, 0.25) is 0 Å². The van der Waals surface area contributed by atoms with Crippen LogP contribution in [0.15, 0.2) is 17.2 Å². The van der Waals surface area contributed by atoms with E-state index in [2.05, 4.69) is 0 Å². The van der Waals surface area contributed by atoms with Crippen LogP contribution < -0.4 is 0 Å². The number of aryl methyl sites for hydroxylation is 1. The average molecular weight is 278 g/mol. The first kappa shape index (κ1) is 12.4. The molecule has 0 aromatic carbocycles. The van der Waals surface area contributed by atoms with Crippen LogP contribution in [0, 0.1) is 0 Å². The summed E-state index contributed by atoms with van der Waals surface area (Å²) in [4.78, 5) is 11.6. The van der Waals surface area contributed by atoms with Gasteiger partial charge in [-0.15, -0.1) is 0 Å². The first-order valence-electron chi connectivity index (χ1n) is 5.20. The summed E-state index contributed by atoms with van der Waals surface area (Å²) in [7, 11) is 2.96. The Labute approximate surface area is 104 Å². The van der Waals surface area contributed by atoms with E-state index in [0.717, 1.165) is 19.3 Å².